The van der Waals surface area contributed by atoms with Crippen LogP contribution in [-0.4, -0.2) is 66.2 Å². The van der Waals surface area contributed by atoms with Crippen LogP contribution in [0.5, 0.6) is 5.75 Å². The van der Waals surface area contributed by atoms with Crippen LogP contribution >= 0.6 is 11.6 Å². The molecular formula is C25H33ClO7. The SMILES string of the molecule is CCOc1ccc(Cc2cc(C3(OC)O[C@H](COC(C)C)[C@@H](O)[C@H](O)[C@H]3O)ccc2Cl)cc1. The summed E-state index contributed by atoms with van der Waals surface area (Å²) in [6, 6.07) is 12.9. The topological polar surface area (TPSA) is 97.6 Å². The van der Waals surface area contributed by atoms with Gasteiger partial charge in [-0.3, -0.25) is 0 Å². The van der Waals surface area contributed by atoms with Crippen LogP contribution in [0.15, 0.2) is 42.5 Å². The monoisotopic (exact) mass is 480 g/mol. The van der Waals surface area contributed by atoms with Crippen molar-refractivity contribution in [2.75, 3.05) is 20.3 Å². The highest BCUT2D eigenvalue weighted by atomic mass is 35.5. The molecule has 0 bridgehead atoms. The summed E-state index contributed by atoms with van der Waals surface area (Å²) in [4.78, 5) is 0. The zero-order valence-corrected chi connectivity index (χ0v) is 20.2. The van der Waals surface area contributed by atoms with E-state index in [1.165, 1.54) is 7.11 Å². The third-order valence-corrected chi connectivity index (χ3v) is 6.11. The molecule has 2 aromatic rings. The van der Waals surface area contributed by atoms with Crippen LogP contribution in [0, 0.1) is 0 Å². The third kappa shape index (κ3) is 5.69. The molecule has 1 unspecified atom stereocenters. The highest BCUT2D eigenvalue weighted by Gasteiger charge is 2.55. The molecule has 1 heterocycles. The molecule has 7 nitrogen and oxygen atoms in total. The molecule has 1 saturated heterocycles. The van der Waals surface area contributed by atoms with Crippen molar-refractivity contribution in [3.05, 3.63) is 64.2 Å². The van der Waals surface area contributed by atoms with Crippen molar-refractivity contribution >= 4 is 11.6 Å². The molecule has 2 aromatic carbocycles. The summed E-state index contributed by atoms with van der Waals surface area (Å²) in [5, 5.41) is 32.5. The predicted molar refractivity (Wildman–Crippen MR) is 125 cm³/mol. The van der Waals surface area contributed by atoms with Gasteiger partial charge in [-0.05, 0) is 62.6 Å². The molecule has 0 amide bonds. The number of benzene rings is 2. The lowest BCUT2D eigenvalue weighted by Crippen LogP contribution is -2.64. The van der Waals surface area contributed by atoms with Gasteiger partial charge in [-0.2, -0.15) is 0 Å². The third-order valence-electron chi connectivity index (χ3n) is 5.74. The lowest BCUT2D eigenvalue weighted by Gasteiger charge is -2.48. The maximum atomic E-state index is 10.9. The second kappa shape index (κ2) is 11.1. The zero-order chi connectivity index (χ0) is 24.2. The van der Waals surface area contributed by atoms with Gasteiger partial charge >= 0.3 is 0 Å². The minimum atomic E-state index is -1.71. The van der Waals surface area contributed by atoms with Gasteiger partial charge in [0.25, 0.3) is 0 Å². The van der Waals surface area contributed by atoms with Crippen LogP contribution in [0.1, 0.15) is 37.5 Å². The fourth-order valence-corrected chi connectivity index (χ4v) is 4.14. The van der Waals surface area contributed by atoms with Gasteiger partial charge in [0, 0.05) is 17.7 Å². The summed E-state index contributed by atoms with van der Waals surface area (Å²) in [5.41, 5.74) is 2.29. The van der Waals surface area contributed by atoms with Crippen molar-refractivity contribution in [2.24, 2.45) is 0 Å². The summed E-state index contributed by atoms with van der Waals surface area (Å²) < 4.78 is 22.8. The molecule has 0 aliphatic carbocycles. The Morgan fingerprint density at radius 3 is 2.36 bits per heavy atom. The lowest BCUT2D eigenvalue weighted by atomic mass is 9.87. The molecule has 1 aliphatic heterocycles. The molecule has 0 radical (unpaired) electrons. The number of rotatable bonds is 9. The van der Waals surface area contributed by atoms with Crippen LogP contribution in [0.4, 0.5) is 0 Å². The van der Waals surface area contributed by atoms with Gasteiger partial charge in [0.15, 0.2) is 0 Å². The minimum Gasteiger partial charge on any atom is -0.494 e. The van der Waals surface area contributed by atoms with Crippen molar-refractivity contribution in [3.63, 3.8) is 0 Å². The number of hydrogen-bond donors (Lipinski definition) is 3. The maximum absolute atomic E-state index is 10.9. The van der Waals surface area contributed by atoms with E-state index in [9.17, 15) is 15.3 Å². The van der Waals surface area contributed by atoms with E-state index in [4.69, 9.17) is 30.5 Å². The number of halogens is 1. The molecule has 0 saturated carbocycles. The zero-order valence-electron chi connectivity index (χ0n) is 19.4. The Kier molecular flexibility index (Phi) is 8.75. The number of aliphatic hydroxyl groups is 3. The lowest BCUT2D eigenvalue weighted by molar-refractivity contribution is -0.368. The van der Waals surface area contributed by atoms with E-state index in [-0.39, 0.29) is 12.7 Å². The Bertz CT molecular complexity index is 904. The molecule has 1 aliphatic rings. The van der Waals surface area contributed by atoms with Crippen molar-refractivity contribution in [1.29, 1.82) is 0 Å². The van der Waals surface area contributed by atoms with Gasteiger partial charge in [-0.1, -0.05) is 29.8 Å². The standard InChI is InChI=1S/C25H33ClO7/c1-5-31-19-9-6-16(7-10-19)12-17-13-18(8-11-20(17)26)25(30-4)24(29)23(28)22(27)21(33-25)14-32-15(2)3/h6-11,13,15,21-24,27-29H,5,12,14H2,1-4H3/t21-,22-,23+,24-,25?/m1/s1. The summed E-state index contributed by atoms with van der Waals surface area (Å²) in [6.07, 6.45) is -4.84. The average Bonchev–Trinajstić information content (AvgIpc) is 2.80. The van der Waals surface area contributed by atoms with Gasteiger partial charge < -0.3 is 34.3 Å². The first-order valence-corrected chi connectivity index (χ1v) is 11.5. The van der Waals surface area contributed by atoms with Crippen LogP contribution in [0.3, 0.4) is 0 Å². The number of methoxy groups -OCH3 is 1. The predicted octanol–water partition coefficient (Wildman–Crippen LogP) is 3.04. The van der Waals surface area contributed by atoms with E-state index in [1.807, 2.05) is 45.0 Å². The number of aliphatic hydroxyl groups excluding tert-OH is 3. The Morgan fingerprint density at radius 2 is 1.76 bits per heavy atom. The maximum Gasteiger partial charge on any atom is 0.224 e. The summed E-state index contributed by atoms with van der Waals surface area (Å²) >= 11 is 6.48. The van der Waals surface area contributed by atoms with E-state index >= 15 is 0 Å². The first-order valence-electron chi connectivity index (χ1n) is 11.1. The molecule has 1 fully saturated rings. The Hall–Kier alpha value is -1.71. The molecule has 182 valence electrons. The van der Waals surface area contributed by atoms with Crippen LogP contribution in [-0.2, 0) is 26.4 Å². The first kappa shape index (κ1) is 25.9. The minimum absolute atomic E-state index is 0.0281. The molecule has 3 rings (SSSR count). The fraction of sp³-hybridized carbons (Fsp3) is 0.520. The van der Waals surface area contributed by atoms with Gasteiger partial charge in [0.05, 0.1) is 19.3 Å². The van der Waals surface area contributed by atoms with Gasteiger partial charge in [-0.15, -0.1) is 0 Å². The molecule has 33 heavy (non-hydrogen) atoms. The highest BCUT2D eigenvalue weighted by Crippen LogP contribution is 2.40. The second-order valence-electron chi connectivity index (χ2n) is 8.40. The Balaban J connectivity index is 1.92. The summed E-state index contributed by atoms with van der Waals surface area (Å²) in [6.45, 7) is 6.27. The van der Waals surface area contributed by atoms with Crippen LogP contribution in [0.2, 0.25) is 5.02 Å². The van der Waals surface area contributed by atoms with Crippen molar-refractivity contribution in [3.8, 4) is 5.75 Å². The van der Waals surface area contributed by atoms with Crippen molar-refractivity contribution < 1.29 is 34.3 Å². The number of hydrogen-bond acceptors (Lipinski definition) is 7. The number of ether oxygens (including phenoxy) is 4. The second-order valence-corrected chi connectivity index (χ2v) is 8.80. The van der Waals surface area contributed by atoms with E-state index in [2.05, 4.69) is 0 Å². The van der Waals surface area contributed by atoms with E-state index in [0.29, 0.717) is 23.6 Å². The molecule has 5 atom stereocenters. The Morgan fingerprint density at radius 1 is 1.06 bits per heavy atom. The van der Waals surface area contributed by atoms with E-state index in [1.54, 1.807) is 18.2 Å². The average molecular weight is 481 g/mol. The van der Waals surface area contributed by atoms with Gasteiger partial charge in [0.1, 0.15) is 30.2 Å². The van der Waals surface area contributed by atoms with Crippen LogP contribution in [0.25, 0.3) is 0 Å². The van der Waals surface area contributed by atoms with Gasteiger partial charge in [-0.25, -0.2) is 0 Å². The van der Waals surface area contributed by atoms with Gasteiger partial charge in [0.2, 0.25) is 5.79 Å². The molecule has 0 aromatic heterocycles. The van der Waals surface area contributed by atoms with Crippen molar-refractivity contribution in [2.45, 2.75) is 63.5 Å². The molecule has 0 spiro atoms. The molecular weight excluding hydrogens is 448 g/mol. The fourth-order valence-electron chi connectivity index (χ4n) is 3.96. The van der Waals surface area contributed by atoms with E-state index in [0.717, 1.165) is 16.9 Å². The smallest absolute Gasteiger partial charge is 0.224 e. The molecule has 3 N–H and O–H groups in total. The normalized spacial score (nSPS) is 27.7. The Labute approximate surface area is 199 Å². The largest absolute Gasteiger partial charge is 0.494 e. The summed E-state index contributed by atoms with van der Waals surface area (Å²) in [5.74, 6) is -0.915. The van der Waals surface area contributed by atoms with Crippen molar-refractivity contribution in [1.82, 2.24) is 0 Å². The quantitative estimate of drug-likeness (QED) is 0.507. The van der Waals surface area contributed by atoms with E-state index < -0.39 is 30.2 Å². The molecule has 8 heteroatoms. The van der Waals surface area contributed by atoms with Crippen LogP contribution < -0.4 is 4.74 Å². The highest BCUT2D eigenvalue weighted by molar-refractivity contribution is 6.31. The first-order chi connectivity index (χ1) is 15.7. The summed E-state index contributed by atoms with van der Waals surface area (Å²) in [7, 11) is 1.38.